The van der Waals surface area contributed by atoms with Gasteiger partial charge in [-0.1, -0.05) is 19.8 Å². The summed E-state index contributed by atoms with van der Waals surface area (Å²) in [6, 6.07) is 0. The summed E-state index contributed by atoms with van der Waals surface area (Å²) < 4.78 is 0. The first-order valence-electron chi connectivity index (χ1n) is 19.8. The molecule has 18 heteroatoms. The molecule has 0 heterocycles. The molecule has 0 aliphatic carbocycles. The number of unbranched alkanes of at least 4 members (excludes halogenated alkanes) is 7. The molecule has 0 unspecified atom stereocenters. The standard InChI is InChI=1S/C37H66N8O10/c1-3-23-42(27-19-38)28-22-41-35-34(36(51)37(35)52)40-21-10-7-13-26-44(54)32(49)17-15-30(47)14-8-4-5-11-25-45(55)33(50)18-16-31(48)39-20-9-6-12-24-43(53)29(2)46/h40-41,53-55H,3-28,38H2,1-2H3,(H,39,48). The number of ketones is 1. The third-order valence-corrected chi connectivity index (χ3v) is 9.04. The van der Waals surface area contributed by atoms with Crippen LogP contribution in [0.3, 0.4) is 0 Å². The molecule has 55 heavy (non-hydrogen) atoms. The van der Waals surface area contributed by atoms with Crippen molar-refractivity contribution in [1.29, 1.82) is 0 Å². The Morgan fingerprint density at radius 2 is 1.07 bits per heavy atom. The van der Waals surface area contributed by atoms with Crippen molar-refractivity contribution in [3.63, 3.8) is 0 Å². The van der Waals surface area contributed by atoms with Gasteiger partial charge in [-0.25, -0.2) is 15.2 Å². The zero-order valence-corrected chi connectivity index (χ0v) is 33.0. The fourth-order valence-corrected chi connectivity index (χ4v) is 5.75. The molecule has 0 fully saturated rings. The summed E-state index contributed by atoms with van der Waals surface area (Å²) in [7, 11) is 0. The van der Waals surface area contributed by atoms with Crippen molar-refractivity contribution in [1.82, 2.24) is 25.4 Å². The molecule has 314 valence electrons. The zero-order valence-electron chi connectivity index (χ0n) is 33.0. The van der Waals surface area contributed by atoms with Crippen LogP contribution < -0.4 is 32.5 Å². The largest absolute Gasteiger partial charge is 0.380 e. The van der Waals surface area contributed by atoms with Gasteiger partial charge in [-0.3, -0.25) is 49.2 Å². The first-order valence-corrected chi connectivity index (χ1v) is 19.8. The lowest BCUT2D eigenvalue weighted by atomic mass is 10.1. The molecular weight excluding hydrogens is 716 g/mol. The van der Waals surface area contributed by atoms with Gasteiger partial charge >= 0.3 is 0 Å². The number of hydrogen-bond acceptors (Lipinski definition) is 14. The summed E-state index contributed by atoms with van der Waals surface area (Å²) in [5.74, 6) is -1.90. The number of carbonyl (C=O) groups excluding carboxylic acids is 5. The number of hydroxylamine groups is 6. The van der Waals surface area contributed by atoms with Gasteiger partial charge < -0.3 is 26.6 Å². The third-order valence-electron chi connectivity index (χ3n) is 9.04. The maximum absolute atomic E-state index is 12.3. The van der Waals surface area contributed by atoms with E-state index in [1.54, 1.807) is 0 Å². The van der Waals surface area contributed by atoms with Crippen LogP contribution in [-0.2, 0) is 24.0 Å². The van der Waals surface area contributed by atoms with Crippen LogP contribution in [0.25, 0.3) is 0 Å². The molecule has 4 amide bonds. The number of carbonyl (C=O) groups is 5. The van der Waals surface area contributed by atoms with E-state index in [0.717, 1.165) is 19.5 Å². The van der Waals surface area contributed by atoms with Crippen molar-refractivity contribution in [2.24, 2.45) is 5.73 Å². The summed E-state index contributed by atoms with van der Waals surface area (Å²) in [5.41, 5.74) is 5.18. The van der Waals surface area contributed by atoms with Crippen molar-refractivity contribution >= 4 is 40.8 Å². The van der Waals surface area contributed by atoms with Crippen LogP contribution in [0.15, 0.2) is 9.59 Å². The van der Waals surface area contributed by atoms with Crippen LogP contribution in [0.1, 0.15) is 117 Å². The van der Waals surface area contributed by atoms with Crippen LogP contribution in [0.4, 0.5) is 11.4 Å². The third kappa shape index (κ3) is 21.6. The average Bonchev–Trinajstić information content (AvgIpc) is 3.16. The van der Waals surface area contributed by atoms with E-state index >= 15 is 0 Å². The number of nitrogens with one attached hydrogen (secondary N) is 3. The quantitative estimate of drug-likeness (QED) is 0.0229. The molecule has 1 aromatic rings. The Labute approximate surface area is 324 Å². The second kappa shape index (κ2) is 29.3. The first kappa shape index (κ1) is 49.0. The van der Waals surface area contributed by atoms with E-state index in [1.165, 1.54) is 6.92 Å². The van der Waals surface area contributed by atoms with Crippen molar-refractivity contribution in [2.45, 2.75) is 117 Å². The van der Waals surface area contributed by atoms with Gasteiger partial charge in [0, 0.05) is 97.9 Å². The molecule has 0 atom stereocenters. The number of anilines is 2. The van der Waals surface area contributed by atoms with Gasteiger partial charge in [0.15, 0.2) is 0 Å². The molecular formula is C37H66N8O10. The molecule has 0 aliphatic rings. The maximum atomic E-state index is 12.3. The minimum Gasteiger partial charge on any atom is -0.380 e. The molecule has 1 aromatic carbocycles. The Kier molecular flexibility index (Phi) is 26.2. The fraction of sp³-hybridized carbons (Fsp3) is 0.757. The van der Waals surface area contributed by atoms with Crippen molar-refractivity contribution in [2.75, 3.05) is 76.1 Å². The van der Waals surface area contributed by atoms with Crippen molar-refractivity contribution < 1.29 is 39.6 Å². The first-order chi connectivity index (χ1) is 26.3. The summed E-state index contributed by atoms with van der Waals surface area (Å²) in [6.45, 7) is 8.12. The summed E-state index contributed by atoms with van der Waals surface area (Å²) in [4.78, 5) is 85.7. The number of Topliss-reactive ketones (excluding diaryl/α,β-unsaturated/α-hetero) is 1. The van der Waals surface area contributed by atoms with Crippen LogP contribution in [0.2, 0.25) is 0 Å². The van der Waals surface area contributed by atoms with E-state index in [1.807, 2.05) is 0 Å². The van der Waals surface area contributed by atoms with E-state index in [4.69, 9.17) is 5.73 Å². The predicted molar refractivity (Wildman–Crippen MR) is 208 cm³/mol. The van der Waals surface area contributed by atoms with Gasteiger partial charge in [0.05, 0.1) is 0 Å². The fourth-order valence-electron chi connectivity index (χ4n) is 5.75. The summed E-state index contributed by atoms with van der Waals surface area (Å²) >= 11 is 0. The predicted octanol–water partition coefficient (Wildman–Crippen LogP) is 1.99. The number of rotatable bonds is 34. The Bertz CT molecular complexity index is 1360. The molecule has 0 saturated carbocycles. The monoisotopic (exact) mass is 782 g/mol. The number of amides is 4. The lowest BCUT2D eigenvalue weighted by Gasteiger charge is -2.22. The minimum absolute atomic E-state index is 0.0256. The van der Waals surface area contributed by atoms with Crippen molar-refractivity contribution in [3.8, 4) is 0 Å². The number of nitrogens with zero attached hydrogens (tertiary/aromatic N) is 4. The highest BCUT2D eigenvalue weighted by molar-refractivity contribution is 5.84. The number of hydrogen-bond donors (Lipinski definition) is 7. The highest BCUT2D eigenvalue weighted by atomic mass is 16.5. The highest BCUT2D eigenvalue weighted by Gasteiger charge is 2.20. The highest BCUT2D eigenvalue weighted by Crippen LogP contribution is 2.15. The zero-order chi connectivity index (χ0) is 41.0. The minimum atomic E-state index is -0.554. The normalized spacial score (nSPS) is 11.1. The molecule has 0 saturated heterocycles. The van der Waals surface area contributed by atoms with E-state index in [0.29, 0.717) is 123 Å². The molecule has 0 aliphatic heterocycles. The smallest absolute Gasteiger partial charge is 0.253 e. The second-order valence-electron chi connectivity index (χ2n) is 13.7. The van der Waals surface area contributed by atoms with Crippen LogP contribution in [-0.4, -0.2) is 131 Å². The van der Waals surface area contributed by atoms with E-state index in [-0.39, 0.29) is 63.4 Å². The molecule has 1 rings (SSSR count). The Morgan fingerprint density at radius 1 is 0.564 bits per heavy atom. The Hall–Kier alpha value is -3.97. The van der Waals surface area contributed by atoms with Crippen LogP contribution in [0.5, 0.6) is 0 Å². The lowest BCUT2D eigenvalue weighted by molar-refractivity contribution is -0.166. The lowest BCUT2D eigenvalue weighted by Crippen LogP contribution is -2.40. The van der Waals surface area contributed by atoms with E-state index in [9.17, 15) is 49.2 Å². The van der Waals surface area contributed by atoms with Gasteiger partial charge in [-0.05, 0) is 64.3 Å². The van der Waals surface area contributed by atoms with Crippen molar-refractivity contribution in [3.05, 3.63) is 20.4 Å². The van der Waals surface area contributed by atoms with Crippen LogP contribution in [0, 0.1) is 0 Å². The van der Waals surface area contributed by atoms with Gasteiger partial charge in [0.2, 0.25) is 23.6 Å². The molecule has 0 aromatic heterocycles. The van der Waals surface area contributed by atoms with Gasteiger partial charge in [-0.15, -0.1) is 0 Å². The van der Waals surface area contributed by atoms with Crippen LogP contribution >= 0.6 is 0 Å². The number of nitrogens with two attached hydrogens (primary N) is 1. The summed E-state index contributed by atoms with van der Waals surface area (Å²) in [5, 5.41) is 40.0. The SMILES string of the molecule is CCCN(CCN)CCNc1c(NCCCCCN(O)C(=O)CCC(=O)CCCCCCN(O)C(=O)CCC(=O)NCCCCCN(O)C(C)=O)c(=O)c1=O. The van der Waals surface area contributed by atoms with E-state index < -0.39 is 28.6 Å². The maximum Gasteiger partial charge on any atom is 0.253 e. The topological polar surface area (TPSA) is 255 Å². The van der Waals surface area contributed by atoms with Gasteiger partial charge in [0.1, 0.15) is 17.2 Å². The molecule has 18 nitrogen and oxygen atoms in total. The second-order valence-corrected chi connectivity index (χ2v) is 13.7. The Balaban J connectivity index is 2.08. The molecule has 8 N–H and O–H groups in total. The van der Waals surface area contributed by atoms with Gasteiger partial charge in [0.25, 0.3) is 10.9 Å². The summed E-state index contributed by atoms with van der Waals surface area (Å²) in [6.07, 6.45) is 7.33. The molecule has 0 spiro atoms. The average molecular weight is 783 g/mol. The van der Waals surface area contributed by atoms with Gasteiger partial charge in [-0.2, -0.15) is 0 Å². The Morgan fingerprint density at radius 3 is 1.64 bits per heavy atom. The molecule has 0 radical (unpaired) electrons. The van der Waals surface area contributed by atoms with E-state index in [2.05, 4.69) is 27.8 Å². The molecule has 0 bridgehead atoms.